The molecule has 0 spiro atoms. The second-order valence-electron chi connectivity index (χ2n) is 7.65. The Kier molecular flexibility index (Phi) is 6.60. The van der Waals surface area contributed by atoms with Gasteiger partial charge in [0.2, 0.25) is 0 Å². The molecule has 1 aliphatic rings. The minimum absolute atomic E-state index is 0.318. The van der Waals surface area contributed by atoms with E-state index in [2.05, 4.69) is 56.9 Å². The van der Waals surface area contributed by atoms with Gasteiger partial charge in [0.05, 0.1) is 25.2 Å². The van der Waals surface area contributed by atoms with Crippen LogP contribution in [-0.2, 0) is 24.4 Å². The SMILES string of the molecule is COc1ccc(CN(Cc2cncn2Cc2ccccc2)C[C@@H]2CCCO2)cc1. The van der Waals surface area contributed by atoms with Gasteiger partial charge >= 0.3 is 0 Å². The summed E-state index contributed by atoms with van der Waals surface area (Å²) in [7, 11) is 1.70. The Balaban J connectivity index is 1.48. The molecular formula is C24H29N3O2. The van der Waals surface area contributed by atoms with Gasteiger partial charge < -0.3 is 14.0 Å². The van der Waals surface area contributed by atoms with Crippen LogP contribution in [0.3, 0.4) is 0 Å². The van der Waals surface area contributed by atoms with E-state index >= 15 is 0 Å². The molecular weight excluding hydrogens is 362 g/mol. The van der Waals surface area contributed by atoms with E-state index in [1.807, 2.05) is 24.7 Å². The highest BCUT2D eigenvalue weighted by Crippen LogP contribution is 2.19. The van der Waals surface area contributed by atoms with Crippen LogP contribution < -0.4 is 4.74 Å². The zero-order chi connectivity index (χ0) is 19.9. The number of benzene rings is 2. The summed E-state index contributed by atoms with van der Waals surface area (Å²) in [6, 6.07) is 18.9. The molecule has 0 bridgehead atoms. The molecule has 0 radical (unpaired) electrons. The van der Waals surface area contributed by atoms with E-state index in [0.29, 0.717) is 6.10 Å². The smallest absolute Gasteiger partial charge is 0.118 e. The Labute approximate surface area is 172 Å². The van der Waals surface area contributed by atoms with Crippen molar-refractivity contribution in [2.75, 3.05) is 20.3 Å². The molecule has 4 rings (SSSR count). The molecule has 0 unspecified atom stereocenters. The normalized spacial score (nSPS) is 16.4. The van der Waals surface area contributed by atoms with Crippen molar-refractivity contribution in [1.29, 1.82) is 0 Å². The molecule has 3 aromatic rings. The van der Waals surface area contributed by atoms with E-state index in [4.69, 9.17) is 9.47 Å². The summed E-state index contributed by atoms with van der Waals surface area (Å²) in [5.41, 5.74) is 3.78. The van der Waals surface area contributed by atoms with E-state index in [9.17, 15) is 0 Å². The Bertz CT molecular complexity index is 871. The van der Waals surface area contributed by atoms with Crippen LogP contribution in [-0.4, -0.2) is 40.8 Å². The molecule has 5 nitrogen and oxygen atoms in total. The maximum atomic E-state index is 5.92. The lowest BCUT2D eigenvalue weighted by molar-refractivity contribution is 0.0671. The first-order valence-corrected chi connectivity index (χ1v) is 10.3. The first-order valence-electron chi connectivity index (χ1n) is 10.3. The second-order valence-corrected chi connectivity index (χ2v) is 7.65. The highest BCUT2D eigenvalue weighted by molar-refractivity contribution is 5.27. The van der Waals surface area contributed by atoms with Crippen molar-refractivity contribution in [2.45, 2.75) is 38.6 Å². The van der Waals surface area contributed by atoms with Gasteiger partial charge in [0.1, 0.15) is 5.75 Å². The standard InChI is InChI=1S/C24H29N3O2/c1-28-23-11-9-21(10-12-23)15-26(18-24-8-5-13-29-24)17-22-14-25-19-27(22)16-20-6-3-2-4-7-20/h2-4,6-7,9-12,14,19,24H,5,8,13,15-18H2,1H3/t24-/m0/s1. The van der Waals surface area contributed by atoms with Crippen LogP contribution in [0.25, 0.3) is 0 Å². The van der Waals surface area contributed by atoms with E-state index in [0.717, 1.165) is 51.4 Å². The van der Waals surface area contributed by atoms with Crippen molar-refractivity contribution < 1.29 is 9.47 Å². The van der Waals surface area contributed by atoms with Crippen LogP contribution in [0.5, 0.6) is 5.75 Å². The van der Waals surface area contributed by atoms with E-state index in [1.165, 1.54) is 16.8 Å². The topological polar surface area (TPSA) is 39.5 Å². The molecule has 152 valence electrons. The monoisotopic (exact) mass is 391 g/mol. The number of nitrogens with zero attached hydrogens (tertiary/aromatic N) is 3. The lowest BCUT2D eigenvalue weighted by Crippen LogP contribution is -2.32. The summed E-state index contributed by atoms with van der Waals surface area (Å²) < 4.78 is 13.5. The van der Waals surface area contributed by atoms with Gasteiger partial charge in [0.25, 0.3) is 0 Å². The van der Waals surface area contributed by atoms with Gasteiger partial charge in [-0.1, -0.05) is 42.5 Å². The third-order valence-corrected chi connectivity index (χ3v) is 5.43. The second kappa shape index (κ2) is 9.72. The molecule has 0 N–H and O–H groups in total. The fraction of sp³-hybridized carbons (Fsp3) is 0.375. The fourth-order valence-electron chi connectivity index (χ4n) is 3.88. The molecule has 1 aromatic heterocycles. The van der Waals surface area contributed by atoms with Gasteiger partial charge in [-0.3, -0.25) is 4.90 Å². The average molecular weight is 392 g/mol. The summed E-state index contributed by atoms with van der Waals surface area (Å²) in [6.07, 6.45) is 6.54. The molecule has 0 amide bonds. The van der Waals surface area contributed by atoms with E-state index in [1.54, 1.807) is 7.11 Å². The predicted molar refractivity (Wildman–Crippen MR) is 114 cm³/mol. The maximum absolute atomic E-state index is 5.92. The number of hydrogen-bond donors (Lipinski definition) is 0. The van der Waals surface area contributed by atoms with Crippen molar-refractivity contribution in [1.82, 2.24) is 14.5 Å². The van der Waals surface area contributed by atoms with Crippen LogP contribution in [0.1, 0.15) is 29.7 Å². The minimum atomic E-state index is 0.318. The number of hydrogen-bond acceptors (Lipinski definition) is 4. The lowest BCUT2D eigenvalue weighted by Gasteiger charge is -2.26. The maximum Gasteiger partial charge on any atom is 0.118 e. The van der Waals surface area contributed by atoms with Crippen LogP contribution in [0, 0.1) is 0 Å². The van der Waals surface area contributed by atoms with Gasteiger partial charge in [-0.05, 0) is 36.1 Å². The molecule has 2 heterocycles. The molecule has 1 atom stereocenters. The predicted octanol–water partition coefficient (Wildman–Crippen LogP) is 4.12. The third kappa shape index (κ3) is 5.46. The summed E-state index contributed by atoms with van der Waals surface area (Å²) in [6.45, 7) is 4.38. The number of ether oxygens (including phenoxy) is 2. The number of aromatic nitrogens is 2. The van der Waals surface area contributed by atoms with Crippen molar-refractivity contribution in [3.8, 4) is 5.75 Å². The van der Waals surface area contributed by atoms with E-state index in [-0.39, 0.29) is 0 Å². The Hall–Kier alpha value is -2.63. The Morgan fingerprint density at radius 1 is 1.07 bits per heavy atom. The van der Waals surface area contributed by atoms with Gasteiger partial charge in [-0.15, -0.1) is 0 Å². The van der Waals surface area contributed by atoms with Crippen molar-refractivity contribution in [2.24, 2.45) is 0 Å². The van der Waals surface area contributed by atoms with Crippen LogP contribution in [0.15, 0.2) is 67.1 Å². The molecule has 0 aliphatic carbocycles. The summed E-state index contributed by atoms with van der Waals surface area (Å²) in [5, 5.41) is 0. The van der Waals surface area contributed by atoms with Crippen molar-refractivity contribution in [3.05, 3.63) is 83.9 Å². The van der Waals surface area contributed by atoms with Crippen LogP contribution in [0.2, 0.25) is 0 Å². The quantitative estimate of drug-likeness (QED) is 0.550. The van der Waals surface area contributed by atoms with Crippen molar-refractivity contribution in [3.63, 3.8) is 0 Å². The fourth-order valence-corrected chi connectivity index (χ4v) is 3.88. The number of rotatable bonds is 9. The Morgan fingerprint density at radius 3 is 2.62 bits per heavy atom. The van der Waals surface area contributed by atoms with Gasteiger partial charge in [0, 0.05) is 39.0 Å². The summed E-state index contributed by atoms with van der Waals surface area (Å²) in [5.74, 6) is 0.889. The molecule has 5 heteroatoms. The summed E-state index contributed by atoms with van der Waals surface area (Å²) in [4.78, 5) is 6.89. The van der Waals surface area contributed by atoms with Crippen LogP contribution >= 0.6 is 0 Å². The molecule has 29 heavy (non-hydrogen) atoms. The zero-order valence-electron chi connectivity index (χ0n) is 17.0. The lowest BCUT2D eigenvalue weighted by atomic mass is 10.1. The third-order valence-electron chi connectivity index (χ3n) is 5.43. The first-order chi connectivity index (χ1) is 14.3. The molecule has 2 aromatic carbocycles. The van der Waals surface area contributed by atoms with Crippen LogP contribution in [0.4, 0.5) is 0 Å². The number of imidazole rings is 1. The molecule has 1 aliphatic heterocycles. The molecule has 1 fully saturated rings. The largest absolute Gasteiger partial charge is 0.497 e. The van der Waals surface area contributed by atoms with Gasteiger partial charge in [-0.2, -0.15) is 0 Å². The average Bonchev–Trinajstić information content (AvgIpc) is 3.42. The van der Waals surface area contributed by atoms with Gasteiger partial charge in [0.15, 0.2) is 0 Å². The van der Waals surface area contributed by atoms with Gasteiger partial charge in [-0.25, -0.2) is 4.98 Å². The highest BCUT2D eigenvalue weighted by atomic mass is 16.5. The van der Waals surface area contributed by atoms with E-state index < -0.39 is 0 Å². The Morgan fingerprint density at radius 2 is 1.90 bits per heavy atom. The minimum Gasteiger partial charge on any atom is -0.497 e. The van der Waals surface area contributed by atoms with Crippen molar-refractivity contribution >= 4 is 0 Å². The molecule has 1 saturated heterocycles. The zero-order valence-corrected chi connectivity index (χ0v) is 17.0. The number of methoxy groups -OCH3 is 1. The first kappa shape index (κ1) is 19.7. The highest BCUT2D eigenvalue weighted by Gasteiger charge is 2.20. The molecule has 0 saturated carbocycles. The summed E-state index contributed by atoms with van der Waals surface area (Å²) >= 11 is 0.